The van der Waals surface area contributed by atoms with Crippen LogP contribution in [0, 0.1) is 0 Å². The molecule has 0 bridgehead atoms. The number of hydrogen-bond acceptors (Lipinski definition) is 3. The van der Waals surface area contributed by atoms with Crippen LogP contribution in [-0.2, 0) is 11.3 Å². The van der Waals surface area contributed by atoms with E-state index in [1.165, 1.54) is 5.56 Å². The lowest BCUT2D eigenvalue weighted by Crippen LogP contribution is -2.33. The molecular weight excluding hydrogens is 368 g/mol. The molecule has 128 valence electrons. The lowest BCUT2D eigenvalue weighted by atomic mass is 10.2. The summed E-state index contributed by atoms with van der Waals surface area (Å²) in [5.41, 5.74) is 1.88. The number of nitrogens with zero attached hydrogens (tertiary/aromatic N) is 1. The Bertz CT molecular complexity index is 676. The Hall–Kier alpha value is -1.85. The first-order chi connectivity index (χ1) is 11.6. The normalized spacial score (nSPS) is 10.7. The molecule has 0 atom stereocenters. The van der Waals surface area contributed by atoms with Crippen LogP contribution in [0.15, 0.2) is 53.0 Å². The fraction of sp³-hybridized carbons (Fsp3) is 0.316. The summed E-state index contributed by atoms with van der Waals surface area (Å²) in [5.74, 6) is 0.628. The number of methoxy groups -OCH3 is 1. The van der Waals surface area contributed by atoms with Gasteiger partial charge >= 0.3 is 0 Å². The Morgan fingerprint density at radius 2 is 2.00 bits per heavy atom. The molecule has 0 unspecified atom stereocenters. The van der Waals surface area contributed by atoms with Crippen molar-refractivity contribution >= 4 is 27.5 Å². The minimum Gasteiger partial charge on any atom is -0.495 e. The molecule has 0 saturated carbocycles. The summed E-state index contributed by atoms with van der Waals surface area (Å²) < 4.78 is 6.32. The van der Waals surface area contributed by atoms with E-state index in [2.05, 4.69) is 45.2 Å². The highest BCUT2D eigenvalue weighted by atomic mass is 79.9. The largest absolute Gasteiger partial charge is 0.495 e. The van der Waals surface area contributed by atoms with Crippen LogP contribution >= 0.6 is 15.9 Å². The minimum absolute atomic E-state index is 0.0389. The van der Waals surface area contributed by atoms with Crippen LogP contribution in [0.3, 0.4) is 0 Å². The van der Waals surface area contributed by atoms with Crippen LogP contribution in [0.25, 0.3) is 0 Å². The van der Waals surface area contributed by atoms with Crippen molar-refractivity contribution in [2.75, 3.05) is 25.5 Å². The lowest BCUT2D eigenvalue weighted by Gasteiger charge is -2.21. The smallest absolute Gasteiger partial charge is 0.238 e. The summed E-state index contributed by atoms with van der Waals surface area (Å²) in [4.78, 5) is 14.6. The van der Waals surface area contributed by atoms with Crippen LogP contribution < -0.4 is 10.1 Å². The van der Waals surface area contributed by atoms with Gasteiger partial charge in [-0.2, -0.15) is 0 Å². The third-order valence-corrected chi connectivity index (χ3v) is 4.08. The van der Waals surface area contributed by atoms with Crippen molar-refractivity contribution in [3.8, 4) is 5.75 Å². The van der Waals surface area contributed by atoms with Crippen LogP contribution in [0.4, 0.5) is 5.69 Å². The molecule has 2 aromatic carbocycles. The van der Waals surface area contributed by atoms with Gasteiger partial charge in [0.15, 0.2) is 0 Å². The van der Waals surface area contributed by atoms with E-state index in [1.807, 2.05) is 36.4 Å². The number of benzene rings is 2. The fourth-order valence-corrected chi connectivity index (χ4v) is 3.01. The van der Waals surface area contributed by atoms with Crippen LogP contribution in [-0.4, -0.2) is 31.0 Å². The van der Waals surface area contributed by atoms with E-state index in [0.717, 1.165) is 24.0 Å². The number of para-hydroxylation sites is 2. The molecule has 0 aliphatic rings. The Balaban J connectivity index is 2.00. The average molecular weight is 391 g/mol. The van der Waals surface area contributed by atoms with Gasteiger partial charge in [0.05, 0.1) is 19.3 Å². The molecule has 1 amide bonds. The first kappa shape index (κ1) is 18.5. The monoisotopic (exact) mass is 390 g/mol. The standard InChI is InChI=1S/C19H23BrN2O2/c1-3-11-22(13-15-7-6-8-16(20)12-15)14-19(23)21-17-9-4-5-10-18(17)24-2/h4-10,12H,3,11,13-14H2,1-2H3,(H,21,23). The first-order valence-electron chi connectivity index (χ1n) is 8.02. The highest BCUT2D eigenvalue weighted by Crippen LogP contribution is 2.23. The third kappa shape index (κ3) is 5.65. The number of carbonyl (C=O) groups is 1. The van der Waals surface area contributed by atoms with Crippen molar-refractivity contribution in [3.63, 3.8) is 0 Å². The SMILES string of the molecule is CCCN(CC(=O)Nc1ccccc1OC)Cc1cccc(Br)c1. The van der Waals surface area contributed by atoms with Gasteiger partial charge in [0, 0.05) is 11.0 Å². The second-order valence-corrected chi connectivity index (χ2v) is 6.50. The minimum atomic E-state index is -0.0389. The number of rotatable bonds is 8. The molecule has 0 heterocycles. The van der Waals surface area contributed by atoms with E-state index in [-0.39, 0.29) is 5.91 Å². The van der Waals surface area contributed by atoms with Crippen molar-refractivity contribution in [1.29, 1.82) is 0 Å². The number of nitrogens with one attached hydrogen (secondary N) is 1. The molecule has 0 radical (unpaired) electrons. The van der Waals surface area contributed by atoms with Gasteiger partial charge in [-0.15, -0.1) is 0 Å². The molecule has 24 heavy (non-hydrogen) atoms. The number of carbonyl (C=O) groups excluding carboxylic acids is 1. The van der Waals surface area contributed by atoms with Gasteiger partial charge in [-0.3, -0.25) is 9.69 Å². The molecule has 0 aliphatic carbocycles. The van der Waals surface area contributed by atoms with E-state index in [9.17, 15) is 4.79 Å². The topological polar surface area (TPSA) is 41.6 Å². The molecule has 2 aromatic rings. The predicted octanol–water partition coefficient (Wildman–Crippen LogP) is 4.31. The Kier molecular flexibility index (Phi) is 7.28. The van der Waals surface area contributed by atoms with Crippen molar-refractivity contribution in [2.45, 2.75) is 19.9 Å². The molecule has 0 saturated heterocycles. The van der Waals surface area contributed by atoms with E-state index in [0.29, 0.717) is 18.0 Å². The highest BCUT2D eigenvalue weighted by molar-refractivity contribution is 9.10. The number of ether oxygens (including phenoxy) is 1. The summed E-state index contributed by atoms with van der Waals surface area (Å²) in [6, 6.07) is 15.6. The number of halogens is 1. The molecule has 0 aliphatic heterocycles. The van der Waals surface area contributed by atoms with Gasteiger partial charge in [0.25, 0.3) is 0 Å². The van der Waals surface area contributed by atoms with Crippen LogP contribution in [0.1, 0.15) is 18.9 Å². The average Bonchev–Trinajstić information content (AvgIpc) is 2.55. The maximum absolute atomic E-state index is 12.4. The molecule has 0 fully saturated rings. The van der Waals surface area contributed by atoms with Crippen LogP contribution in [0.2, 0.25) is 0 Å². The summed E-state index contributed by atoms with van der Waals surface area (Å²) >= 11 is 3.49. The summed E-state index contributed by atoms with van der Waals surface area (Å²) in [7, 11) is 1.60. The summed E-state index contributed by atoms with van der Waals surface area (Å²) in [6.07, 6.45) is 0.996. The maximum Gasteiger partial charge on any atom is 0.238 e. The summed E-state index contributed by atoms with van der Waals surface area (Å²) in [6.45, 7) is 4.07. The highest BCUT2D eigenvalue weighted by Gasteiger charge is 2.13. The second-order valence-electron chi connectivity index (χ2n) is 5.59. The number of amides is 1. The number of hydrogen-bond donors (Lipinski definition) is 1. The number of anilines is 1. The van der Waals surface area contributed by atoms with Gasteiger partial charge in [0.1, 0.15) is 5.75 Å². The molecule has 0 spiro atoms. The third-order valence-electron chi connectivity index (χ3n) is 3.58. The first-order valence-corrected chi connectivity index (χ1v) is 8.81. The quantitative estimate of drug-likeness (QED) is 0.729. The second kappa shape index (κ2) is 9.45. The molecule has 4 nitrogen and oxygen atoms in total. The zero-order valence-corrected chi connectivity index (χ0v) is 15.7. The summed E-state index contributed by atoms with van der Waals surface area (Å²) in [5, 5.41) is 2.93. The Morgan fingerprint density at radius 3 is 2.71 bits per heavy atom. The molecule has 0 aromatic heterocycles. The van der Waals surface area contributed by atoms with Gasteiger partial charge in [0.2, 0.25) is 5.91 Å². The Morgan fingerprint density at radius 1 is 1.21 bits per heavy atom. The molecule has 1 N–H and O–H groups in total. The van der Waals surface area contributed by atoms with Gasteiger partial charge in [-0.1, -0.05) is 47.1 Å². The Labute approximate surface area is 151 Å². The van der Waals surface area contributed by atoms with Crippen molar-refractivity contribution in [2.24, 2.45) is 0 Å². The zero-order valence-electron chi connectivity index (χ0n) is 14.1. The van der Waals surface area contributed by atoms with E-state index >= 15 is 0 Å². The van der Waals surface area contributed by atoms with E-state index in [1.54, 1.807) is 7.11 Å². The van der Waals surface area contributed by atoms with Crippen LogP contribution in [0.5, 0.6) is 5.75 Å². The predicted molar refractivity (Wildman–Crippen MR) is 101 cm³/mol. The molecular formula is C19H23BrN2O2. The lowest BCUT2D eigenvalue weighted by molar-refractivity contribution is -0.117. The van der Waals surface area contributed by atoms with Crippen molar-refractivity contribution < 1.29 is 9.53 Å². The molecule has 2 rings (SSSR count). The van der Waals surface area contributed by atoms with Gasteiger partial charge in [-0.25, -0.2) is 0 Å². The fourth-order valence-electron chi connectivity index (χ4n) is 2.56. The molecule has 5 heteroatoms. The van der Waals surface area contributed by atoms with E-state index < -0.39 is 0 Å². The van der Waals surface area contributed by atoms with Gasteiger partial charge in [-0.05, 0) is 42.8 Å². The van der Waals surface area contributed by atoms with Gasteiger partial charge < -0.3 is 10.1 Å². The zero-order chi connectivity index (χ0) is 17.4. The van der Waals surface area contributed by atoms with Crippen molar-refractivity contribution in [1.82, 2.24) is 4.90 Å². The maximum atomic E-state index is 12.4. The van der Waals surface area contributed by atoms with Crippen molar-refractivity contribution in [3.05, 3.63) is 58.6 Å². The van der Waals surface area contributed by atoms with E-state index in [4.69, 9.17) is 4.74 Å².